The van der Waals surface area contributed by atoms with Gasteiger partial charge in [0.25, 0.3) is 0 Å². The number of rotatable bonds is 7. The molecule has 2 aliphatic heterocycles. The number of likely N-dealkylation sites (tertiary alicyclic amines) is 1. The fourth-order valence-corrected chi connectivity index (χ4v) is 3.42. The first-order valence-corrected chi connectivity index (χ1v) is 8.40. The van der Waals surface area contributed by atoms with E-state index in [9.17, 15) is 4.79 Å². The quantitative estimate of drug-likeness (QED) is 0.776. The molecule has 116 valence electrons. The third-order valence-corrected chi connectivity index (χ3v) is 4.53. The first-order valence-electron chi connectivity index (χ1n) is 8.40. The van der Waals surface area contributed by atoms with Crippen molar-refractivity contribution in [2.45, 2.75) is 65.1 Å². The first-order chi connectivity index (χ1) is 9.61. The summed E-state index contributed by atoms with van der Waals surface area (Å²) in [4.78, 5) is 17.0. The number of nitrogens with one attached hydrogen (secondary N) is 1. The molecule has 2 unspecified atom stereocenters. The van der Waals surface area contributed by atoms with Gasteiger partial charge in [0.15, 0.2) is 0 Å². The number of carbonyl (C=O) groups excluding carboxylic acids is 1. The summed E-state index contributed by atoms with van der Waals surface area (Å²) < 4.78 is 0. The summed E-state index contributed by atoms with van der Waals surface area (Å²) in [7, 11) is 0. The van der Waals surface area contributed by atoms with Crippen molar-refractivity contribution in [1.82, 2.24) is 15.1 Å². The number of carbonyl (C=O) groups is 1. The zero-order valence-corrected chi connectivity index (χ0v) is 13.4. The van der Waals surface area contributed by atoms with Crippen LogP contribution in [0.1, 0.15) is 52.9 Å². The van der Waals surface area contributed by atoms with Crippen molar-refractivity contribution in [3.8, 4) is 0 Å². The fourth-order valence-electron chi connectivity index (χ4n) is 3.42. The minimum atomic E-state index is 0.0468. The molecule has 1 N–H and O–H groups in total. The van der Waals surface area contributed by atoms with Crippen LogP contribution in [0.3, 0.4) is 0 Å². The summed E-state index contributed by atoms with van der Waals surface area (Å²) in [6.07, 6.45) is 6.02. The Morgan fingerprint density at radius 1 is 1.25 bits per heavy atom. The molecule has 0 spiro atoms. The van der Waals surface area contributed by atoms with Crippen molar-refractivity contribution in [1.29, 1.82) is 0 Å². The van der Waals surface area contributed by atoms with Crippen LogP contribution in [0.4, 0.5) is 0 Å². The Labute approximate surface area is 123 Å². The lowest BCUT2D eigenvalue weighted by atomic mass is 10.1. The van der Waals surface area contributed by atoms with Gasteiger partial charge in [0.1, 0.15) is 0 Å². The molecule has 0 aromatic carbocycles. The summed E-state index contributed by atoms with van der Waals surface area (Å²) in [5.74, 6) is 0.941. The highest BCUT2D eigenvalue weighted by Gasteiger charge is 2.37. The van der Waals surface area contributed by atoms with Crippen molar-refractivity contribution < 1.29 is 4.79 Å². The molecule has 2 fully saturated rings. The molecule has 0 bridgehead atoms. The van der Waals surface area contributed by atoms with Gasteiger partial charge in [-0.3, -0.25) is 10.1 Å². The van der Waals surface area contributed by atoms with Crippen LogP contribution in [0.25, 0.3) is 0 Å². The minimum Gasteiger partial charge on any atom is -0.326 e. The maximum atomic E-state index is 12.4. The molecule has 1 amide bonds. The molecule has 0 radical (unpaired) electrons. The standard InChI is InChI=1S/C16H31N3O/c1-4-14-16(20)19(15(17-14)12-13(2)3)11-7-10-18-8-5-6-9-18/h13-15,17H,4-12H2,1-3H3. The highest BCUT2D eigenvalue weighted by atomic mass is 16.2. The smallest absolute Gasteiger partial charge is 0.241 e. The molecule has 2 rings (SSSR count). The van der Waals surface area contributed by atoms with E-state index in [1.54, 1.807) is 0 Å². The fraction of sp³-hybridized carbons (Fsp3) is 0.938. The molecule has 2 heterocycles. The number of hydrogen-bond donors (Lipinski definition) is 1. The number of nitrogens with zero attached hydrogens (tertiary/aromatic N) is 2. The summed E-state index contributed by atoms with van der Waals surface area (Å²) in [5, 5.41) is 3.51. The molecule has 2 saturated heterocycles. The Kier molecular flexibility index (Phi) is 5.85. The molecule has 0 aromatic rings. The predicted molar refractivity (Wildman–Crippen MR) is 82.5 cm³/mol. The number of amides is 1. The molecule has 4 nitrogen and oxygen atoms in total. The zero-order valence-electron chi connectivity index (χ0n) is 13.4. The van der Waals surface area contributed by atoms with E-state index in [-0.39, 0.29) is 12.2 Å². The number of hydrogen-bond acceptors (Lipinski definition) is 3. The van der Waals surface area contributed by atoms with Gasteiger partial charge in [-0.25, -0.2) is 0 Å². The Hall–Kier alpha value is -0.610. The second-order valence-corrected chi connectivity index (χ2v) is 6.71. The third-order valence-electron chi connectivity index (χ3n) is 4.53. The molecule has 0 aliphatic carbocycles. The van der Waals surface area contributed by atoms with Crippen LogP contribution >= 0.6 is 0 Å². The molecule has 0 saturated carbocycles. The van der Waals surface area contributed by atoms with Crippen LogP contribution in [0, 0.1) is 5.92 Å². The monoisotopic (exact) mass is 281 g/mol. The highest BCUT2D eigenvalue weighted by Crippen LogP contribution is 2.19. The average Bonchev–Trinajstić information content (AvgIpc) is 3.00. The molecule has 2 aliphatic rings. The van der Waals surface area contributed by atoms with Gasteiger partial charge in [-0.1, -0.05) is 20.8 Å². The average molecular weight is 281 g/mol. The Morgan fingerprint density at radius 3 is 2.55 bits per heavy atom. The summed E-state index contributed by atoms with van der Waals surface area (Å²) in [5.41, 5.74) is 0. The van der Waals surface area contributed by atoms with E-state index >= 15 is 0 Å². The van der Waals surface area contributed by atoms with E-state index in [1.807, 2.05) is 0 Å². The van der Waals surface area contributed by atoms with Gasteiger partial charge in [-0.05, 0) is 57.7 Å². The summed E-state index contributed by atoms with van der Waals surface area (Å²) in [6, 6.07) is 0.0468. The van der Waals surface area contributed by atoms with E-state index < -0.39 is 0 Å². The SMILES string of the molecule is CCC1NC(CC(C)C)N(CCCN2CCCC2)C1=O. The minimum absolute atomic E-state index is 0.0468. The van der Waals surface area contributed by atoms with Gasteiger partial charge in [0.2, 0.25) is 5.91 Å². The topological polar surface area (TPSA) is 35.6 Å². The van der Waals surface area contributed by atoms with Crippen LogP contribution in [-0.2, 0) is 4.79 Å². The van der Waals surface area contributed by atoms with Crippen LogP contribution in [0.2, 0.25) is 0 Å². The second-order valence-electron chi connectivity index (χ2n) is 6.71. The van der Waals surface area contributed by atoms with Crippen molar-refractivity contribution in [3.63, 3.8) is 0 Å². The Balaban J connectivity index is 1.82. The van der Waals surface area contributed by atoms with E-state index in [4.69, 9.17) is 0 Å². The Bertz CT molecular complexity index is 313. The van der Waals surface area contributed by atoms with Crippen molar-refractivity contribution >= 4 is 5.91 Å². The van der Waals surface area contributed by atoms with Crippen LogP contribution in [0.5, 0.6) is 0 Å². The zero-order chi connectivity index (χ0) is 14.5. The predicted octanol–water partition coefficient (Wildman–Crippen LogP) is 2.05. The lowest BCUT2D eigenvalue weighted by molar-refractivity contribution is -0.130. The lowest BCUT2D eigenvalue weighted by Gasteiger charge is -2.26. The van der Waals surface area contributed by atoms with E-state index in [1.165, 1.54) is 25.9 Å². The molecular formula is C16H31N3O. The maximum Gasteiger partial charge on any atom is 0.241 e. The van der Waals surface area contributed by atoms with Gasteiger partial charge in [-0.15, -0.1) is 0 Å². The van der Waals surface area contributed by atoms with Crippen LogP contribution in [-0.4, -0.2) is 54.1 Å². The van der Waals surface area contributed by atoms with Crippen molar-refractivity contribution in [2.24, 2.45) is 5.92 Å². The van der Waals surface area contributed by atoms with E-state index in [0.29, 0.717) is 11.8 Å². The second kappa shape index (κ2) is 7.41. The summed E-state index contributed by atoms with van der Waals surface area (Å²) in [6.45, 7) is 11.1. The lowest BCUT2D eigenvalue weighted by Crippen LogP contribution is -2.40. The van der Waals surface area contributed by atoms with Crippen molar-refractivity contribution in [3.05, 3.63) is 0 Å². The molecule has 2 atom stereocenters. The Morgan fingerprint density at radius 2 is 1.95 bits per heavy atom. The highest BCUT2D eigenvalue weighted by molar-refractivity contribution is 5.84. The van der Waals surface area contributed by atoms with Gasteiger partial charge in [-0.2, -0.15) is 0 Å². The third kappa shape index (κ3) is 3.95. The molecule has 4 heteroatoms. The molecule has 20 heavy (non-hydrogen) atoms. The van der Waals surface area contributed by atoms with Gasteiger partial charge in [0, 0.05) is 6.54 Å². The van der Waals surface area contributed by atoms with Gasteiger partial charge >= 0.3 is 0 Å². The molecule has 0 aromatic heterocycles. The van der Waals surface area contributed by atoms with Gasteiger partial charge < -0.3 is 9.80 Å². The van der Waals surface area contributed by atoms with E-state index in [2.05, 4.69) is 35.9 Å². The van der Waals surface area contributed by atoms with Gasteiger partial charge in [0.05, 0.1) is 12.2 Å². The van der Waals surface area contributed by atoms with E-state index in [0.717, 1.165) is 32.4 Å². The normalized spacial score (nSPS) is 28.0. The van der Waals surface area contributed by atoms with Crippen LogP contribution in [0.15, 0.2) is 0 Å². The maximum absolute atomic E-state index is 12.4. The first kappa shape index (κ1) is 15.8. The largest absolute Gasteiger partial charge is 0.326 e. The van der Waals surface area contributed by atoms with Crippen molar-refractivity contribution in [2.75, 3.05) is 26.2 Å². The van der Waals surface area contributed by atoms with Crippen LogP contribution < -0.4 is 5.32 Å². The summed E-state index contributed by atoms with van der Waals surface area (Å²) >= 11 is 0. The molecular weight excluding hydrogens is 250 g/mol.